The van der Waals surface area contributed by atoms with E-state index < -0.39 is 17.6 Å². The van der Waals surface area contributed by atoms with Gasteiger partial charge in [0.2, 0.25) is 0 Å². The number of aromatic nitrogens is 4. The summed E-state index contributed by atoms with van der Waals surface area (Å²) in [7, 11) is 1.36. The number of methoxy groups -OCH3 is 1. The molecule has 0 aliphatic carbocycles. The molecule has 0 spiro atoms. The van der Waals surface area contributed by atoms with Crippen molar-refractivity contribution in [2.45, 2.75) is 90.4 Å². The maximum Gasteiger partial charge on any atom is 0.356 e. The molecule has 7 heterocycles. The maximum absolute atomic E-state index is 13.8. The maximum atomic E-state index is 13.8. The van der Waals surface area contributed by atoms with E-state index in [0.29, 0.717) is 78.8 Å². The fourth-order valence-electron chi connectivity index (χ4n) is 10.7. The molecule has 2 amide bonds. The van der Waals surface area contributed by atoms with Crippen LogP contribution in [0.15, 0.2) is 65.1 Å². The third-order valence-corrected chi connectivity index (χ3v) is 15.2. The first-order valence-corrected chi connectivity index (χ1v) is 25.5. The summed E-state index contributed by atoms with van der Waals surface area (Å²) >= 11 is 11.5. The molecular formula is C52H63Cl2F2N11O5. The number of nitrogens with two attached hydrogens (primary N) is 1. The lowest BCUT2D eigenvalue weighted by atomic mass is 9.97. The second kappa shape index (κ2) is 23.3. The summed E-state index contributed by atoms with van der Waals surface area (Å²) in [6.07, 6.45) is 5.65. The van der Waals surface area contributed by atoms with Gasteiger partial charge in [-0.3, -0.25) is 19.4 Å². The van der Waals surface area contributed by atoms with E-state index in [9.17, 15) is 23.2 Å². The SMILES string of the molecule is CC[C@H]1CN(c2ccc(-c3nnc(N)o3)nc2C)CCN1C1CCN(C(=O)c2ccc(Cl)c(F)c2)CC1.CC[C@H]1CN(c2ccc(C(=O)OC)nc2C)CCN1C1CCN(C(=O)c2ccc(Cl)c(F)c2)CC1. The van der Waals surface area contributed by atoms with Crippen LogP contribution >= 0.6 is 23.2 Å². The van der Waals surface area contributed by atoms with Crippen LogP contribution in [0.4, 0.5) is 26.2 Å². The van der Waals surface area contributed by atoms with Gasteiger partial charge < -0.3 is 34.5 Å². The zero-order valence-electron chi connectivity index (χ0n) is 41.5. The fraction of sp³-hybridized carbons (Fsp3) is 0.481. The van der Waals surface area contributed by atoms with Crippen LogP contribution in [0.25, 0.3) is 11.6 Å². The highest BCUT2D eigenvalue weighted by Crippen LogP contribution is 2.32. The molecule has 2 aromatic carbocycles. The summed E-state index contributed by atoms with van der Waals surface area (Å²) in [6.45, 7) is 16.4. The summed E-state index contributed by atoms with van der Waals surface area (Å²) in [6, 6.07) is 17.8. The van der Waals surface area contributed by atoms with Gasteiger partial charge in [-0.1, -0.05) is 42.1 Å². The highest BCUT2D eigenvalue weighted by atomic mass is 35.5. The molecule has 0 saturated carbocycles. The second-order valence-corrected chi connectivity index (χ2v) is 19.6. The van der Waals surface area contributed by atoms with Crippen LogP contribution in [-0.2, 0) is 4.74 Å². The summed E-state index contributed by atoms with van der Waals surface area (Å²) in [5, 5.41) is 7.68. The topological polar surface area (TPSA) is 171 Å². The Hall–Kier alpha value is -5.95. The van der Waals surface area contributed by atoms with E-state index >= 15 is 0 Å². The molecular weight excluding hydrogens is 968 g/mol. The minimum absolute atomic E-state index is 0.0227. The van der Waals surface area contributed by atoms with Crippen molar-refractivity contribution < 1.29 is 32.3 Å². The number of rotatable bonds is 10. The van der Waals surface area contributed by atoms with Gasteiger partial charge in [0.15, 0.2) is 0 Å². The smallest absolute Gasteiger partial charge is 0.356 e. The number of piperidine rings is 2. The Bertz CT molecular complexity index is 2730. The van der Waals surface area contributed by atoms with Gasteiger partial charge in [0.1, 0.15) is 23.0 Å². The van der Waals surface area contributed by atoms with Gasteiger partial charge in [-0.2, -0.15) is 0 Å². The van der Waals surface area contributed by atoms with Crippen molar-refractivity contribution >= 4 is 58.4 Å². The average molecular weight is 1030 g/mol. The fourth-order valence-corrected chi connectivity index (χ4v) is 11.0. The number of nitrogen functional groups attached to an aromatic ring is 1. The largest absolute Gasteiger partial charge is 0.464 e. The summed E-state index contributed by atoms with van der Waals surface area (Å²) < 4.78 is 37.7. The number of halogens is 4. The normalized spacial score (nSPS) is 19.5. The first-order chi connectivity index (χ1) is 34.6. The van der Waals surface area contributed by atoms with E-state index in [1.165, 1.54) is 31.4 Å². The van der Waals surface area contributed by atoms with Crippen molar-refractivity contribution in [2.24, 2.45) is 0 Å². The van der Waals surface area contributed by atoms with Crippen LogP contribution in [0.3, 0.4) is 0 Å². The standard InChI is InChI=1S/C26H31ClFN7O2.C26H32ClFN4O3/c1-3-18-15-34(23-7-6-22(30-16(23)2)24-31-32-26(29)37-24)12-13-35(18)19-8-10-33(11-9-19)25(36)17-4-5-20(27)21(28)14-17;1-4-19-16-31(24-8-7-23(26(34)35-3)29-17(24)2)13-14-32(19)20-9-11-30(12-10-20)25(33)18-5-6-21(27)22(28)15-18/h4-7,14,18-19H,3,8-13,15H2,1-2H3,(H2,29,32);5-8,15,19-20H,4,9-14,16H2,1-3H3/t18-;19-/m00/s1. The number of anilines is 3. The molecule has 0 radical (unpaired) electrons. The number of carbonyl (C=O) groups excluding carboxylic acids is 3. The third-order valence-electron chi connectivity index (χ3n) is 14.6. The van der Waals surface area contributed by atoms with Crippen LogP contribution in [0, 0.1) is 25.5 Å². The molecule has 3 aromatic heterocycles. The van der Waals surface area contributed by atoms with Crippen molar-refractivity contribution in [1.82, 2.24) is 39.8 Å². The van der Waals surface area contributed by atoms with Crippen molar-refractivity contribution in [1.29, 1.82) is 0 Å². The highest BCUT2D eigenvalue weighted by molar-refractivity contribution is 6.31. The molecule has 384 valence electrons. The molecule has 4 fully saturated rings. The van der Waals surface area contributed by atoms with Crippen molar-refractivity contribution in [3.05, 3.63) is 111 Å². The molecule has 20 heteroatoms. The van der Waals surface area contributed by atoms with Gasteiger partial charge in [0.05, 0.1) is 39.9 Å². The summed E-state index contributed by atoms with van der Waals surface area (Å²) in [4.78, 5) is 60.2. The number of aryl methyl sites for hydroxylation is 2. The van der Waals surface area contributed by atoms with Crippen LogP contribution < -0.4 is 15.5 Å². The van der Waals surface area contributed by atoms with Crippen LogP contribution in [-0.4, -0.2) is 154 Å². The van der Waals surface area contributed by atoms with Gasteiger partial charge in [0, 0.05) is 101 Å². The lowest BCUT2D eigenvalue weighted by Gasteiger charge is -2.48. The third kappa shape index (κ3) is 11.8. The van der Waals surface area contributed by atoms with Crippen molar-refractivity contribution in [2.75, 3.05) is 88.1 Å². The predicted molar refractivity (Wildman–Crippen MR) is 274 cm³/mol. The number of likely N-dealkylation sites (tertiary alicyclic amines) is 2. The number of hydrogen-bond donors (Lipinski definition) is 1. The second-order valence-electron chi connectivity index (χ2n) is 18.8. The Morgan fingerprint density at radius 2 is 1.14 bits per heavy atom. The molecule has 9 rings (SSSR count). The number of benzene rings is 2. The Morgan fingerprint density at radius 3 is 1.54 bits per heavy atom. The Labute approximate surface area is 429 Å². The van der Waals surface area contributed by atoms with Crippen LogP contribution in [0.1, 0.15) is 95.0 Å². The molecule has 5 aromatic rings. The van der Waals surface area contributed by atoms with Crippen molar-refractivity contribution in [3.8, 4) is 11.6 Å². The lowest BCUT2D eigenvalue weighted by Crippen LogP contribution is -2.58. The minimum atomic E-state index is -0.568. The van der Waals surface area contributed by atoms with Crippen LogP contribution in [0.2, 0.25) is 10.0 Å². The Balaban J connectivity index is 0.000000193. The van der Waals surface area contributed by atoms with Gasteiger partial charge >= 0.3 is 12.0 Å². The van der Waals surface area contributed by atoms with Gasteiger partial charge in [-0.15, -0.1) is 5.10 Å². The lowest BCUT2D eigenvalue weighted by molar-refractivity contribution is 0.0485. The first-order valence-electron chi connectivity index (χ1n) is 24.8. The summed E-state index contributed by atoms with van der Waals surface area (Å²) in [5.41, 5.74) is 11.0. The van der Waals surface area contributed by atoms with E-state index in [1.807, 2.05) is 35.8 Å². The monoisotopic (exact) mass is 1030 g/mol. The van der Waals surface area contributed by atoms with Crippen molar-refractivity contribution in [3.63, 3.8) is 0 Å². The number of esters is 1. The molecule has 4 aliphatic heterocycles. The Morgan fingerprint density at radius 1 is 0.667 bits per heavy atom. The number of ether oxygens (including phenoxy) is 1. The number of piperazine rings is 2. The predicted octanol–water partition coefficient (Wildman–Crippen LogP) is 8.19. The van der Waals surface area contributed by atoms with Crippen LogP contribution in [0.5, 0.6) is 0 Å². The molecule has 4 aliphatic rings. The number of carbonyl (C=O) groups is 3. The van der Waals surface area contributed by atoms with E-state index in [2.05, 4.69) is 59.7 Å². The van der Waals surface area contributed by atoms with E-state index in [1.54, 1.807) is 18.2 Å². The average Bonchev–Trinajstić information content (AvgIpc) is 3.85. The van der Waals surface area contributed by atoms with E-state index in [0.717, 1.165) is 101 Å². The molecule has 2 atom stereocenters. The van der Waals surface area contributed by atoms with Gasteiger partial charge in [-0.25, -0.2) is 23.5 Å². The van der Waals surface area contributed by atoms with E-state index in [-0.39, 0.29) is 27.9 Å². The molecule has 0 unspecified atom stereocenters. The Kier molecular flexibility index (Phi) is 16.9. The number of amides is 2. The molecule has 0 bridgehead atoms. The molecule has 16 nitrogen and oxygen atoms in total. The molecule has 72 heavy (non-hydrogen) atoms. The summed E-state index contributed by atoms with van der Waals surface area (Å²) in [5.74, 6) is -1.53. The zero-order chi connectivity index (χ0) is 51.2. The number of nitrogens with zero attached hydrogens (tertiary/aromatic N) is 10. The molecule has 4 saturated heterocycles. The molecule has 2 N–H and O–H groups in total. The highest BCUT2D eigenvalue weighted by Gasteiger charge is 2.37. The van der Waals surface area contributed by atoms with Gasteiger partial charge in [-0.05, 0) is 113 Å². The first kappa shape index (κ1) is 52.4. The van der Waals surface area contributed by atoms with Gasteiger partial charge in [0.25, 0.3) is 17.7 Å². The number of hydrogen-bond acceptors (Lipinski definition) is 14. The zero-order valence-corrected chi connectivity index (χ0v) is 43.0. The van der Waals surface area contributed by atoms with E-state index in [4.69, 9.17) is 38.1 Å². The minimum Gasteiger partial charge on any atom is -0.464 e. The number of pyridine rings is 2. The quantitative estimate of drug-likeness (QED) is 0.133.